The van der Waals surface area contributed by atoms with E-state index in [2.05, 4.69) is 0 Å². The van der Waals surface area contributed by atoms with Gasteiger partial charge in [-0.15, -0.1) is 0 Å². The van der Waals surface area contributed by atoms with Gasteiger partial charge in [0.05, 0.1) is 12.2 Å². The molecule has 0 amide bonds. The average Bonchev–Trinajstić information content (AvgIpc) is 2.30. The second kappa shape index (κ2) is 3.26. The largest absolute Gasteiger partial charge is 0.462 e. The second-order valence-corrected chi connectivity index (χ2v) is 3.22. The lowest BCUT2D eigenvalue weighted by molar-refractivity contribution is -0.135. The molecule has 11 heavy (non-hydrogen) atoms. The number of hydrogen-bond donors (Lipinski definition) is 0. The highest BCUT2D eigenvalue weighted by molar-refractivity contribution is 6.31. The Morgan fingerprint density at radius 1 is 1.82 bits per heavy atom. The molecule has 1 saturated heterocycles. The Morgan fingerprint density at radius 3 is 2.82 bits per heavy atom. The summed E-state index contributed by atoms with van der Waals surface area (Å²) in [6.45, 7) is 4.24. The summed E-state index contributed by atoms with van der Waals surface area (Å²) in [6.07, 6.45) is 0.908. The van der Waals surface area contributed by atoms with Crippen molar-refractivity contribution in [2.45, 2.75) is 20.3 Å². The molecule has 1 aliphatic heterocycles. The molecular weight excluding hydrogens is 164 g/mol. The van der Waals surface area contributed by atoms with Gasteiger partial charge in [0.2, 0.25) is 0 Å². The van der Waals surface area contributed by atoms with Crippen molar-refractivity contribution in [2.75, 3.05) is 6.61 Å². The van der Waals surface area contributed by atoms with Crippen LogP contribution in [-0.4, -0.2) is 12.6 Å². The van der Waals surface area contributed by atoms with Crippen LogP contribution in [0.15, 0.2) is 10.6 Å². The molecule has 0 N–H and O–H groups in total. The van der Waals surface area contributed by atoms with Crippen LogP contribution in [0.1, 0.15) is 20.3 Å². The Labute approximate surface area is 71.2 Å². The van der Waals surface area contributed by atoms with Gasteiger partial charge in [0.15, 0.2) is 0 Å². The number of esters is 1. The van der Waals surface area contributed by atoms with E-state index in [1.807, 2.05) is 6.92 Å². The van der Waals surface area contributed by atoms with Gasteiger partial charge in [0.25, 0.3) is 0 Å². The lowest BCUT2D eigenvalue weighted by atomic mass is 10.00. The van der Waals surface area contributed by atoms with Crippen LogP contribution in [-0.2, 0) is 9.53 Å². The number of halogens is 1. The summed E-state index contributed by atoms with van der Waals surface area (Å²) in [4.78, 5) is 11.0. The lowest BCUT2D eigenvalue weighted by Gasteiger charge is -2.02. The third-order valence-electron chi connectivity index (χ3n) is 1.91. The van der Waals surface area contributed by atoms with Crippen LogP contribution >= 0.6 is 11.6 Å². The van der Waals surface area contributed by atoms with Gasteiger partial charge in [-0.05, 0) is 13.3 Å². The number of carbonyl (C=O) groups excluding carboxylic acids is 1. The van der Waals surface area contributed by atoms with Crippen molar-refractivity contribution < 1.29 is 9.53 Å². The average molecular weight is 175 g/mol. The zero-order valence-electron chi connectivity index (χ0n) is 6.69. The minimum Gasteiger partial charge on any atom is -0.462 e. The summed E-state index contributed by atoms with van der Waals surface area (Å²) in [5, 5.41) is 0.569. The Bertz CT molecular complexity index is 204. The van der Waals surface area contributed by atoms with E-state index in [0.29, 0.717) is 17.2 Å². The van der Waals surface area contributed by atoms with E-state index < -0.39 is 0 Å². The number of carbonyl (C=O) groups is 1. The van der Waals surface area contributed by atoms with Crippen LogP contribution in [0.4, 0.5) is 0 Å². The number of ether oxygens (including phenoxy) is 1. The van der Waals surface area contributed by atoms with E-state index in [1.54, 1.807) is 6.92 Å². The quantitative estimate of drug-likeness (QED) is 0.450. The summed E-state index contributed by atoms with van der Waals surface area (Å²) in [6, 6.07) is 0. The van der Waals surface area contributed by atoms with E-state index >= 15 is 0 Å². The molecule has 0 bridgehead atoms. The normalized spacial score (nSPS) is 28.6. The molecule has 1 heterocycles. The third kappa shape index (κ3) is 1.56. The third-order valence-corrected chi connectivity index (χ3v) is 2.11. The van der Waals surface area contributed by atoms with Crippen LogP contribution in [0.2, 0.25) is 0 Å². The molecule has 0 aromatic carbocycles. The standard InChI is InChI=1S/C8H11ClO2/c1-3-6-4-11-8(10)7(6)5(2)9/h6H,3-4H2,1-2H3/b7-5-. The minimum absolute atomic E-state index is 0.208. The molecule has 1 unspecified atom stereocenters. The predicted molar refractivity (Wildman–Crippen MR) is 43.3 cm³/mol. The molecule has 0 aliphatic carbocycles. The zero-order chi connectivity index (χ0) is 8.43. The van der Waals surface area contributed by atoms with Crippen molar-refractivity contribution in [1.29, 1.82) is 0 Å². The maximum absolute atomic E-state index is 11.0. The summed E-state index contributed by atoms with van der Waals surface area (Å²) in [7, 11) is 0. The van der Waals surface area contributed by atoms with Crippen LogP contribution in [0.25, 0.3) is 0 Å². The van der Waals surface area contributed by atoms with E-state index in [0.717, 1.165) is 6.42 Å². The van der Waals surface area contributed by atoms with Gasteiger partial charge >= 0.3 is 5.97 Å². The maximum Gasteiger partial charge on any atom is 0.335 e. The van der Waals surface area contributed by atoms with Gasteiger partial charge in [-0.25, -0.2) is 4.79 Å². The molecule has 1 atom stereocenters. The fourth-order valence-corrected chi connectivity index (χ4v) is 1.48. The first-order valence-electron chi connectivity index (χ1n) is 3.70. The monoisotopic (exact) mass is 174 g/mol. The van der Waals surface area contributed by atoms with Gasteiger partial charge in [-0.3, -0.25) is 0 Å². The van der Waals surface area contributed by atoms with Gasteiger partial charge in [-0.2, -0.15) is 0 Å². The molecule has 0 radical (unpaired) electrons. The van der Waals surface area contributed by atoms with Crippen molar-refractivity contribution >= 4 is 17.6 Å². The van der Waals surface area contributed by atoms with E-state index in [4.69, 9.17) is 16.3 Å². The summed E-state index contributed by atoms with van der Waals surface area (Å²) < 4.78 is 4.85. The minimum atomic E-state index is -0.246. The van der Waals surface area contributed by atoms with Gasteiger partial charge in [-0.1, -0.05) is 18.5 Å². The Morgan fingerprint density at radius 2 is 2.45 bits per heavy atom. The Kier molecular flexibility index (Phi) is 2.55. The zero-order valence-corrected chi connectivity index (χ0v) is 7.44. The van der Waals surface area contributed by atoms with Crippen LogP contribution < -0.4 is 0 Å². The van der Waals surface area contributed by atoms with Crippen molar-refractivity contribution in [3.8, 4) is 0 Å². The fraction of sp³-hybridized carbons (Fsp3) is 0.625. The lowest BCUT2D eigenvalue weighted by Crippen LogP contribution is -2.02. The number of hydrogen-bond acceptors (Lipinski definition) is 2. The van der Waals surface area contributed by atoms with Gasteiger partial charge in [0, 0.05) is 11.0 Å². The molecule has 2 nitrogen and oxygen atoms in total. The molecule has 0 aromatic heterocycles. The molecular formula is C8H11ClO2. The predicted octanol–water partition coefficient (Wildman–Crippen LogP) is 2.08. The first-order chi connectivity index (χ1) is 5.16. The highest BCUT2D eigenvalue weighted by Gasteiger charge is 2.30. The summed E-state index contributed by atoms with van der Waals surface area (Å²) in [5.74, 6) is -0.0376. The molecule has 0 spiro atoms. The van der Waals surface area contributed by atoms with Crippen LogP contribution in [0, 0.1) is 5.92 Å². The topological polar surface area (TPSA) is 26.3 Å². The Balaban J connectivity index is 2.89. The van der Waals surface area contributed by atoms with Gasteiger partial charge < -0.3 is 4.74 Å². The molecule has 1 rings (SSSR count). The van der Waals surface area contributed by atoms with Crippen molar-refractivity contribution in [3.05, 3.63) is 10.6 Å². The van der Waals surface area contributed by atoms with E-state index in [-0.39, 0.29) is 11.9 Å². The smallest absolute Gasteiger partial charge is 0.335 e. The number of rotatable bonds is 1. The number of allylic oxidation sites excluding steroid dienone is 1. The molecule has 1 aliphatic rings. The summed E-state index contributed by atoms with van der Waals surface area (Å²) in [5.41, 5.74) is 0.661. The molecule has 3 heteroatoms. The van der Waals surface area contributed by atoms with E-state index in [1.165, 1.54) is 0 Å². The Hall–Kier alpha value is -0.500. The fourth-order valence-electron chi connectivity index (χ4n) is 1.25. The molecule has 62 valence electrons. The first kappa shape index (κ1) is 8.60. The molecule has 1 fully saturated rings. The molecule has 0 saturated carbocycles. The van der Waals surface area contributed by atoms with Crippen molar-refractivity contribution in [3.63, 3.8) is 0 Å². The maximum atomic E-state index is 11.0. The van der Waals surface area contributed by atoms with Crippen LogP contribution in [0.5, 0.6) is 0 Å². The van der Waals surface area contributed by atoms with Crippen molar-refractivity contribution in [1.82, 2.24) is 0 Å². The first-order valence-corrected chi connectivity index (χ1v) is 4.08. The SMILES string of the molecule is CCC1COC(=O)/C1=C(/C)Cl. The van der Waals surface area contributed by atoms with Gasteiger partial charge in [0.1, 0.15) is 0 Å². The molecule has 0 aromatic rings. The second-order valence-electron chi connectivity index (χ2n) is 2.65. The van der Waals surface area contributed by atoms with Crippen LogP contribution in [0.3, 0.4) is 0 Å². The summed E-state index contributed by atoms with van der Waals surface area (Å²) >= 11 is 5.73. The highest BCUT2D eigenvalue weighted by atomic mass is 35.5. The van der Waals surface area contributed by atoms with E-state index in [9.17, 15) is 4.79 Å². The number of cyclic esters (lactones) is 1. The van der Waals surface area contributed by atoms with Crippen molar-refractivity contribution in [2.24, 2.45) is 5.92 Å². The highest BCUT2D eigenvalue weighted by Crippen LogP contribution is 2.28.